The average molecular weight is 244 g/mol. The first-order valence-electron chi connectivity index (χ1n) is 6.17. The monoisotopic (exact) mass is 244 g/mol. The molecular formula is C15H20N2O. The van der Waals surface area contributed by atoms with Crippen LogP contribution < -0.4 is 0 Å². The van der Waals surface area contributed by atoms with Gasteiger partial charge in [-0.1, -0.05) is 43.7 Å². The fourth-order valence-corrected chi connectivity index (χ4v) is 1.77. The van der Waals surface area contributed by atoms with Crippen molar-refractivity contribution in [1.82, 2.24) is 4.90 Å². The molecule has 1 rings (SSSR count). The lowest BCUT2D eigenvalue weighted by atomic mass is 10.0. The van der Waals surface area contributed by atoms with Crippen molar-refractivity contribution in [3.05, 3.63) is 35.4 Å². The summed E-state index contributed by atoms with van der Waals surface area (Å²) in [6, 6.07) is 9.42. The van der Waals surface area contributed by atoms with Crippen molar-refractivity contribution < 1.29 is 4.79 Å². The molecule has 0 radical (unpaired) electrons. The Labute approximate surface area is 109 Å². The van der Waals surface area contributed by atoms with Crippen molar-refractivity contribution in [3.63, 3.8) is 0 Å². The van der Waals surface area contributed by atoms with E-state index in [1.165, 1.54) is 4.90 Å². The van der Waals surface area contributed by atoms with Gasteiger partial charge in [0.05, 0.1) is 6.07 Å². The van der Waals surface area contributed by atoms with Gasteiger partial charge in [-0.15, -0.1) is 0 Å². The normalized spacial score (nSPS) is 12.0. The van der Waals surface area contributed by atoms with Gasteiger partial charge in [-0.3, -0.25) is 4.79 Å². The number of aryl methyl sites for hydroxylation is 1. The van der Waals surface area contributed by atoms with Crippen LogP contribution in [0.2, 0.25) is 0 Å². The van der Waals surface area contributed by atoms with Gasteiger partial charge in [-0.2, -0.15) is 5.26 Å². The minimum absolute atomic E-state index is 0.0112. The lowest BCUT2D eigenvalue weighted by Crippen LogP contribution is -2.31. The van der Waals surface area contributed by atoms with Gasteiger partial charge in [0.2, 0.25) is 5.91 Å². The van der Waals surface area contributed by atoms with E-state index in [1.54, 1.807) is 7.05 Å². The van der Waals surface area contributed by atoms with Gasteiger partial charge in [0.1, 0.15) is 6.04 Å². The number of benzene rings is 1. The van der Waals surface area contributed by atoms with Crippen LogP contribution in [0.25, 0.3) is 0 Å². The molecule has 1 unspecified atom stereocenters. The lowest BCUT2D eigenvalue weighted by molar-refractivity contribution is -0.131. The minimum atomic E-state index is -0.503. The first-order chi connectivity index (χ1) is 8.45. The van der Waals surface area contributed by atoms with E-state index >= 15 is 0 Å². The van der Waals surface area contributed by atoms with Crippen molar-refractivity contribution in [2.75, 3.05) is 7.05 Å². The Balaban J connectivity index is 2.87. The maximum absolute atomic E-state index is 12.0. The smallest absolute Gasteiger partial charge is 0.223 e. The Bertz CT molecular complexity index is 443. The molecule has 0 saturated heterocycles. The SMILES string of the molecule is Cc1ccc(C(C#N)N(C)C(=O)CC(C)C)cc1. The number of rotatable bonds is 4. The highest BCUT2D eigenvalue weighted by molar-refractivity contribution is 5.77. The van der Waals surface area contributed by atoms with E-state index in [0.29, 0.717) is 12.3 Å². The molecule has 1 amide bonds. The third kappa shape index (κ3) is 3.59. The summed E-state index contributed by atoms with van der Waals surface area (Å²) in [5, 5.41) is 9.26. The third-order valence-electron chi connectivity index (χ3n) is 2.88. The van der Waals surface area contributed by atoms with Crippen LogP contribution in [0.15, 0.2) is 24.3 Å². The molecule has 1 aromatic carbocycles. The Morgan fingerprint density at radius 1 is 1.33 bits per heavy atom. The molecular weight excluding hydrogens is 224 g/mol. The fraction of sp³-hybridized carbons (Fsp3) is 0.467. The van der Waals surface area contributed by atoms with E-state index in [0.717, 1.165) is 11.1 Å². The van der Waals surface area contributed by atoms with E-state index < -0.39 is 6.04 Å². The van der Waals surface area contributed by atoms with E-state index in [9.17, 15) is 10.1 Å². The molecule has 0 aliphatic heterocycles. The molecule has 1 atom stereocenters. The number of nitriles is 1. The Kier molecular flexibility index (Phi) is 4.91. The van der Waals surface area contributed by atoms with Crippen LogP contribution in [-0.4, -0.2) is 17.9 Å². The molecule has 0 aromatic heterocycles. The minimum Gasteiger partial charge on any atom is -0.326 e. The summed E-state index contributed by atoms with van der Waals surface area (Å²) >= 11 is 0. The Morgan fingerprint density at radius 3 is 2.33 bits per heavy atom. The highest BCUT2D eigenvalue weighted by Gasteiger charge is 2.21. The van der Waals surface area contributed by atoms with Crippen LogP contribution in [0.5, 0.6) is 0 Å². The maximum atomic E-state index is 12.0. The van der Waals surface area contributed by atoms with Gasteiger partial charge in [0.15, 0.2) is 0 Å². The van der Waals surface area contributed by atoms with Gasteiger partial charge in [0, 0.05) is 13.5 Å². The number of nitrogens with zero attached hydrogens (tertiary/aromatic N) is 2. The molecule has 0 heterocycles. The van der Waals surface area contributed by atoms with E-state index in [1.807, 2.05) is 45.0 Å². The van der Waals surface area contributed by atoms with Crippen molar-refractivity contribution in [3.8, 4) is 6.07 Å². The molecule has 96 valence electrons. The third-order valence-corrected chi connectivity index (χ3v) is 2.88. The van der Waals surface area contributed by atoms with Crippen LogP contribution in [-0.2, 0) is 4.79 Å². The summed E-state index contributed by atoms with van der Waals surface area (Å²) in [5.41, 5.74) is 2.01. The predicted molar refractivity (Wildman–Crippen MR) is 71.8 cm³/mol. The number of carbonyl (C=O) groups is 1. The topological polar surface area (TPSA) is 44.1 Å². The van der Waals surface area contributed by atoms with E-state index in [4.69, 9.17) is 0 Å². The zero-order chi connectivity index (χ0) is 13.7. The molecule has 3 nitrogen and oxygen atoms in total. The van der Waals surface area contributed by atoms with Gasteiger partial charge in [-0.25, -0.2) is 0 Å². The van der Waals surface area contributed by atoms with Crippen LogP contribution in [0.3, 0.4) is 0 Å². The van der Waals surface area contributed by atoms with Crippen molar-refractivity contribution in [2.24, 2.45) is 5.92 Å². The highest BCUT2D eigenvalue weighted by atomic mass is 16.2. The summed E-state index contributed by atoms with van der Waals surface area (Å²) in [7, 11) is 1.69. The lowest BCUT2D eigenvalue weighted by Gasteiger charge is -2.24. The van der Waals surface area contributed by atoms with Crippen LogP contribution >= 0.6 is 0 Å². The number of hydrogen-bond donors (Lipinski definition) is 0. The second kappa shape index (κ2) is 6.20. The number of amides is 1. The molecule has 0 spiro atoms. The molecule has 0 aliphatic carbocycles. The second-order valence-electron chi connectivity index (χ2n) is 5.04. The van der Waals surface area contributed by atoms with Gasteiger partial charge >= 0.3 is 0 Å². The van der Waals surface area contributed by atoms with Crippen LogP contribution in [0.4, 0.5) is 0 Å². The molecule has 0 N–H and O–H groups in total. The largest absolute Gasteiger partial charge is 0.326 e. The molecule has 1 aromatic rings. The Hall–Kier alpha value is -1.82. The first-order valence-corrected chi connectivity index (χ1v) is 6.17. The Morgan fingerprint density at radius 2 is 1.89 bits per heavy atom. The molecule has 3 heteroatoms. The zero-order valence-corrected chi connectivity index (χ0v) is 11.5. The highest BCUT2D eigenvalue weighted by Crippen LogP contribution is 2.20. The standard InChI is InChI=1S/C15H20N2O/c1-11(2)9-15(18)17(4)14(10-16)13-7-5-12(3)6-8-13/h5-8,11,14H,9H2,1-4H3. The molecule has 0 aliphatic rings. The summed E-state index contributed by atoms with van der Waals surface area (Å²) in [6.45, 7) is 6.00. The molecule has 0 fully saturated rings. The van der Waals surface area contributed by atoms with Gasteiger partial charge in [-0.05, 0) is 18.4 Å². The van der Waals surface area contributed by atoms with Crippen LogP contribution in [0, 0.1) is 24.2 Å². The molecule has 0 bridgehead atoms. The summed E-state index contributed by atoms with van der Waals surface area (Å²) in [4.78, 5) is 13.5. The fourth-order valence-electron chi connectivity index (χ4n) is 1.77. The summed E-state index contributed by atoms with van der Waals surface area (Å²) in [5.74, 6) is 0.314. The van der Waals surface area contributed by atoms with Crippen molar-refractivity contribution in [1.29, 1.82) is 5.26 Å². The number of carbonyl (C=O) groups excluding carboxylic acids is 1. The van der Waals surface area contributed by atoms with Crippen LogP contribution in [0.1, 0.15) is 37.4 Å². The second-order valence-corrected chi connectivity index (χ2v) is 5.04. The molecule has 0 saturated carbocycles. The van der Waals surface area contributed by atoms with E-state index in [-0.39, 0.29) is 5.91 Å². The maximum Gasteiger partial charge on any atom is 0.223 e. The average Bonchev–Trinajstić information content (AvgIpc) is 2.31. The first kappa shape index (κ1) is 14.2. The zero-order valence-electron chi connectivity index (χ0n) is 11.5. The van der Waals surface area contributed by atoms with E-state index in [2.05, 4.69) is 6.07 Å². The van der Waals surface area contributed by atoms with Gasteiger partial charge in [0.25, 0.3) is 0 Å². The van der Waals surface area contributed by atoms with Crippen molar-refractivity contribution in [2.45, 2.75) is 33.2 Å². The van der Waals surface area contributed by atoms with Crippen molar-refractivity contribution >= 4 is 5.91 Å². The quantitative estimate of drug-likeness (QED) is 0.817. The summed E-state index contributed by atoms with van der Waals surface area (Å²) in [6.07, 6.45) is 0.473. The summed E-state index contributed by atoms with van der Waals surface area (Å²) < 4.78 is 0. The number of hydrogen-bond acceptors (Lipinski definition) is 2. The molecule has 18 heavy (non-hydrogen) atoms. The van der Waals surface area contributed by atoms with Gasteiger partial charge < -0.3 is 4.90 Å². The predicted octanol–water partition coefficient (Wildman–Crippen LogP) is 3.06.